The van der Waals surface area contributed by atoms with Crippen LogP contribution >= 0.6 is 0 Å². The smallest absolute Gasteiger partial charge is 0.270 e. The zero-order valence-electron chi connectivity index (χ0n) is 14.3. The lowest BCUT2D eigenvalue weighted by molar-refractivity contribution is 0.0949. The predicted molar refractivity (Wildman–Crippen MR) is 94.1 cm³/mol. The number of benzene rings is 2. The molecule has 0 fully saturated rings. The molecule has 0 saturated carbocycles. The number of aromatic nitrogens is 2. The Bertz CT molecular complexity index is 996. The molecule has 2 aromatic carbocycles. The third-order valence-electron chi connectivity index (χ3n) is 3.78. The second-order valence-electron chi connectivity index (χ2n) is 5.75. The molecular formula is C19H14F4N4O. The van der Waals surface area contributed by atoms with Crippen molar-refractivity contribution >= 4 is 17.5 Å². The molecule has 144 valence electrons. The number of hydrogen-bond donors (Lipinski definition) is 2. The van der Waals surface area contributed by atoms with Gasteiger partial charge in [0.15, 0.2) is 17.5 Å². The van der Waals surface area contributed by atoms with Crippen LogP contribution in [0.25, 0.3) is 0 Å². The van der Waals surface area contributed by atoms with Crippen molar-refractivity contribution in [2.24, 2.45) is 0 Å². The highest BCUT2D eigenvalue weighted by Gasteiger charge is 2.15. The highest BCUT2D eigenvalue weighted by Crippen LogP contribution is 2.21. The summed E-state index contributed by atoms with van der Waals surface area (Å²) in [6, 6.07) is 8.99. The van der Waals surface area contributed by atoms with Crippen LogP contribution in [-0.4, -0.2) is 22.4 Å². The van der Waals surface area contributed by atoms with E-state index >= 15 is 0 Å². The summed E-state index contributed by atoms with van der Waals surface area (Å²) in [6.45, 7) is 0.287. The molecule has 0 aliphatic rings. The van der Waals surface area contributed by atoms with E-state index in [1.165, 1.54) is 24.4 Å². The van der Waals surface area contributed by atoms with E-state index in [0.717, 1.165) is 17.7 Å². The molecule has 0 radical (unpaired) electrons. The van der Waals surface area contributed by atoms with Crippen molar-refractivity contribution in [1.29, 1.82) is 0 Å². The summed E-state index contributed by atoms with van der Waals surface area (Å²) in [7, 11) is 0. The lowest BCUT2D eigenvalue weighted by atomic mass is 10.1. The van der Waals surface area contributed by atoms with E-state index in [-0.39, 0.29) is 29.7 Å². The van der Waals surface area contributed by atoms with Gasteiger partial charge < -0.3 is 10.6 Å². The first kappa shape index (κ1) is 19.3. The van der Waals surface area contributed by atoms with Crippen LogP contribution in [0.5, 0.6) is 0 Å². The Hall–Kier alpha value is -3.49. The number of carbonyl (C=O) groups is 1. The van der Waals surface area contributed by atoms with Gasteiger partial charge in [-0.15, -0.1) is 0 Å². The van der Waals surface area contributed by atoms with Crippen LogP contribution in [0, 0.1) is 23.3 Å². The van der Waals surface area contributed by atoms with Crippen LogP contribution < -0.4 is 10.6 Å². The second kappa shape index (κ2) is 8.47. The Morgan fingerprint density at radius 2 is 1.68 bits per heavy atom. The fraction of sp³-hybridized carbons (Fsp3) is 0.105. The van der Waals surface area contributed by atoms with E-state index < -0.39 is 23.4 Å². The van der Waals surface area contributed by atoms with Crippen LogP contribution in [0.2, 0.25) is 0 Å². The maximum atomic E-state index is 13.7. The van der Waals surface area contributed by atoms with E-state index in [1.54, 1.807) is 12.1 Å². The van der Waals surface area contributed by atoms with Gasteiger partial charge in [0.05, 0.1) is 5.69 Å². The van der Waals surface area contributed by atoms with Crippen molar-refractivity contribution in [3.8, 4) is 0 Å². The number of halogens is 4. The molecule has 3 aromatic rings. The highest BCUT2D eigenvalue weighted by molar-refractivity contribution is 5.92. The molecule has 1 amide bonds. The fourth-order valence-corrected chi connectivity index (χ4v) is 2.35. The van der Waals surface area contributed by atoms with Gasteiger partial charge in [0.25, 0.3) is 5.91 Å². The number of anilines is 2. The standard InChI is InChI=1S/C19H14F4N4O/c20-12-3-1-11(2-4-12)7-9-24-18(28)15-8-10-25-19(27-15)26-14-6-5-13(21)16(22)17(14)23/h1-6,8,10H,7,9H2,(H,24,28)(H,25,26,27). The number of hydrogen-bond acceptors (Lipinski definition) is 4. The van der Waals surface area contributed by atoms with Gasteiger partial charge in [0.2, 0.25) is 5.95 Å². The molecule has 0 saturated heterocycles. The molecule has 0 aliphatic carbocycles. The number of carbonyl (C=O) groups excluding carboxylic acids is 1. The van der Waals surface area contributed by atoms with Gasteiger partial charge >= 0.3 is 0 Å². The van der Waals surface area contributed by atoms with E-state index in [2.05, 4.69) is 20.6 Å². The summed E-state index contributed by atoms with van der Waals surface area (Å²) in [4.78, 5) is 19.9. The van der Waals surface area contributed by atoms with Crippen molar-refractivity contribution in [2.45, 2.75) is 6.42 Å². The minimum atomic E-state index is -1.63. The zero-order chi connectivity index (χ0) is 20.1. The lowest BCUT2D eigenvalue weighted by Gasteiger charge is -2.09. The molecule has 1 heterocycles. The highest BCUT2D eigenvalue weighted by atomic mass is 19.2. The number of amides is 1. The van der Waals surface area contributed by atoms with Crippen LogP contribution in [0.15, 0.2) is 48.7 Å². The summed E-state index contributed by atoms with van der Waals surface area (Å²) < 4.78 is 52.9. The summed E-state index contributed by atoms with van der Waals surface area (Å²) >= 11 is 0. The average Bonchev–Trinajstić information content (AvgIpc) is 2.70. The summed E-state index contributed by atoms with van der Waals surface area (Å²) in [6.07, 6.45) is 1.75. The first-order chi connectivity index (χ1) is 13.4. The molecule has 1 aromatic heterocycles. The molecule has 5 nitrogen and oxygen atoms in total. The maximum Gasteiger partial charge on any atom is 0.270 e. The Labute approximate surface area is 157 Å². The Morgan fingerprint density at radius 1 is 0.929 bits per heavy atom. The Kier molecular flexibility index (Phi) is 5.83. The molecule has 0 unspecified atom stereocenters. The predicted octanol–water partition coefficient (Wildman–Crippen LogP) is 3.75. The molecule has 0 spiro atoms. The van der Waals surface area contributed by atoms with E-state index in [4.69, 9.17) is 0 Å². The third-order valence-corrected chi connectivity index (χ3v) is 3.78. The third kappa shape index (κ3) is 4.61. The number of nitrogens with one attached hydrogen (secondary N) is 2. The first-order valence-corrected chi connectivity index (χ1v) is 8.20. The SMILES string of the molecule is O=C(NCCc1ccc(F)cc1)c1ccnc(Nc2ccc(F)c(F)c2F)n1. The van der Waals surface area contributed by atoms with E-state index in [1.807, 2.05) is 0 Å². The van der Waals surface area contributed by atoms with Crippen molar-refractivity contribution in [3.63, 3.8) is 0 Å². The van der Waals surface area contributed by atoms with E-state index in [0.29, 0.717) is 6.42 Å². The van der Waals surface area contributed by atoms with Crippen molar-refractivity contribution in [2.75, 3.05) is 11.9 Å². The van der Waals surface area contributed by atoms with Gasteiger partial charge in [-0.2, -0.15) is 0 Å². The van der Waals surface area contributed by atoms with E-state index in [9.17, 15) is 22.4 Å². The van der Waals surface area contributed by atoms with Gasteiger partial charge in [0, 0.05) is 12.7 Å². The Balaban J connectivity index is 1.63. The van der Waals surface area contributed by atoms with Gasteiger partial charge in [-0.25, -0.2) is 27.5 Å². The molecule has 2 N–H and O–H groups in total. The minimum Gasteiger partial charge on any atom is -0.350 e. The number of nitrogens with zero attached hydrogens (tertiary/aromatic N) is 2. The lowest BCUT2D eigenvalue weighted by Crippen LogP contribution is -2.26. The molecule has 0 aliphatic heterocycles. The molecule has 9 heteroatoms. The second-order valence-corrected chi connectivity index (χ2v) is 5.75. The average molecular weight is 390 g/mol. The summed E-state index contributed by atoms with van der Waals surface area (Å²) in [5.41, 5.74) is 0.480. The van der Waals surface area contributed by atoms with Gasteiger partial charge in [-0.1, -0.05) is 12.1 Å². The normalized spacial score (nSPS) is 10.6. The summed E-state index contributed by atoms with van der Waals surface area (Å²) in [5, 5.41) is 5.05. The molecule has 0 bridgehead atoms. The summed E-state index contributed by atoms with van der Waals surface area (Å²) in [5.74, 6) is -5.36. The van der Waals surface area contributed by atoms with Gasteiger partial charge in [-0.05, 0) is 42.3 Å². The topological polar surface area (TPSA) is 66.9 Å². The molecule has 3 rings (SSSR count). The molecule has 28 heavy (non-hydrogen) atoms. The van der Waals surface area contributed by atoms with Gasteiger partial charge in [-0.3, -0.25) is 4.79 Å². The van der Waals surface area contributed by atoms with Gasteiger partial charge in [0.1, 0.15) is 11.5 Å². The van der Waals surface area contributed by atoms with Crippen LogP contribution in [0.3, 0.4) is 0 Å². The Morgan fingerprint density at radius 3 is 2.43 bits per heavy atom. The molecular weight excluding hydrogens is 376 g/mol. The largest absolute Gasteiger partial charge is 0.350 e. The minimum absolute atomic E-state index is 0.000372. The van der Waals surface area contributed by atoms with Crippen molar-refractivity contribution < 1.29 is 22.4 Å². The quantitative estimate of drug-likeness (QED) is 0.497. The monoisotopic (exact) mass is 390 g/mol. The van der Waals surface area contributed by atoms with Crippen LogP contribution in [0.1, 0.15) is 16.1 Å². The fourth-order valence-electron chi connectivity index (χ4n) is 2.35. The zero-order valence-corrected chi connectivity index (χ0v) is 14.3. The van der Waals surface area contributed by atoms with Crippen LogP contribution in [-0.2, 0) is 6.42 Å². The first-order valence-electron chi connectivity index (χ1n) is 8.20. The maximum absolute atomic E-state index is 13.7. The molecule has 0 atom stereocenters. The van der Waals surface area contributed by atoms with Crippen molar-refractivity contribution in [1.82, 2.24) is 15.3 Å². The number of rotatable bonds is 6. The van der Waals surface area contributed by atoms with Crippen molar-refractivity contribution in [3.05, 3.63) is 83.2 Å². The van der Waals surface area contributed by atoms with Crippen LogP contribution in [0.4, 0.5) is 29.2 Å².